The molecule has 2 unspecified atom stereocenters. The van der Waals surface area contributed by atoms with E-state index in [1.54, 1.807) is 0 Å². The number of halogens is 3. The maximum atomic E-state index is 12.3. The minimum Gasteiger partial charge on any atom is -0.494 e. The molecule has 0 fully saturated rings. The van der Waals surface area contributed by atoms with E-state index in [2.05, 4.69) is 5.32 Å². The zero-order valence-corrected chi connectivity index (χ0v) is 11.4. The third-order valence-electron chi connectivity index (χ3n) is 2.76. The predicted octanol–water partition coefficient (Wildman–Crippen LogP) is 4.08. The zero-order chi connectivity index (χ0) is 14.5. The van der Waals surface area contributed by atoms with Crippen LogP contribution in [0.15, 0.2) is 24.3 Å². The van der Waals surface area contributed by atoms with E-state index in [0.29, 0.717) is 12.4 Å². The molecule has 0 spiro atoms. The molecule has 19 heavy (non-hydrogen) atoms. The highest BCUT2D eigenvalue weighted by molar-refractivity contribution is 5.35. The second kappa shape index (κ2) is 6.80. The van der Waals surface area contributed by atoms with Crippen LogP contribution in [-0.4, -0.2) is 18.8 Å². The van der Waals surface area contributed by atoms with Gasteiger partial charge in [0, 0.05) is 17.6 Å². The van der Waals surface area contributed by atoms with Crippen LogP contribution in [0, 0.1) is 0 Å². The average molecular weight is 275 g/mol. The quantitative estimate of drug-likeness (QED) is 0.844. The molecule has 1 N–H and O–H groups in total. The number of hydrogen-bond acceptors (Lipinski definition) is 2. The van der Waals surface area contributed by atoms with Gasteiger partial charge in [0.1, 0.15) is 5.75 Å². The minimum absolute atomic E-state index is 0.194. The maximum absolute atomic E-state index is 12.3. The Morgan fingerprint density at radius 2 is 1.84 bits per heavy atom. The molecule has 0 aliphatic carbocycles. The molecule has 2 nitrogen and oxygen atoms in total. The van der Waals surface area contributed by atoms with Gasteiger partial charge in [0.25, 0.3) is 0 Å². The average Bonchev–Trinajstić information content (AvgIpc) is 2.27. The molecular formula is C14H20F3NO. The largest absolute Gasteiger partial charge is 0.494 e. The van der Waals surface area contributed by atoms with E-state index in [1.165, 1.54) is 6.92 Å². The number of benzene rings is 1. The van der Waals surface area contributed by atoms with Crippen molar-refractivity contribution < 1.29 is 17.9 Å². The lowest BCUT2D eigenvalue weighted by molar-refractivity contribution is -0.139. The topological polar surface area (TPSA) is 21.3 Å². The molecule has 108 valence electrons. The highest BCUT2D eigenvalue weighted by Crippen LogP contribution is 2.27. The number of para-hydroxylation sites is 1. The second-order valence-corrected chi connectivity index (χ2v) is 4.58. The van der Waals surface area contributed by atoms with Crippen LogP contribution in [0.1, 0.15) is 38.8 Å². The van der Waals surface area contributed by atoms with Crippen LogP contribution in [0.2, 0.25) is 0 Å². The summed E-state index contributed by atoms with van der Waals surface area (Å²) in [5.74, 6) is 0.712. The molecule has 0 saturated heterocycles. The molecular weight excluding hydrogens is 255 g/mol. The highest BCUT2D eigenvalue weighted by atomic mass is 19.4. The summed E-state index contributed by atoms with van der Waals surface area (Å²) in [7, 11) is 0. The summed E-state index contributed by atoms with van der Waals surface area (Å²) >= 11 is 0. The third-order valence-corrected chi connectivity index (χ3v) is 2.76. The van der Waals surface area contributed by atoms with Gasteiger partial charge < -0.3 is 10.1 Å². The summed E-state index contributed by atoms with van der Waals surface area (Å²) < 4.78 is 42.4. The Labute approximate surface area is 112 Å². The molecule has 0 heterocycles. The number of rotatable bonds is 6. The number of ether oxygens (including phenoxy) is 1. The normalized spacial score (nSPS) is 15.1. The van der Waals surface area contributed by atoms with Gasteiger partial charge in [-0.1, -0.05) is 18.2 Å². The van der Waals surface area contributed by atoms with Gasteiger partial charge in [0.15, 0.2) is 0 Å². The standard InChI is InChI=1S/C14H20F3NO/c1-4-19-13-8-6-5-7-12(13)11(3)18-10(2)9-14(15,16)17/h5-8,10-11,18H,4,9H2,1-3H3. The van der Waals surface area contributed by atoms with Crippen molar-refractivity contribution >= 4 is 0 Å². The smallest absolute Gasteiger partial charge is 0.390 e. The van der Waals surface area contributed by atoms with Crippen LogP contribution < -0.4 is 10.1 Å². The molecule has 0 amide bonds. The van der Waals surface area contributed by atoms with Gasteiger partial charge in [-0.15, -0.1) is 0 Å². The molecule has 0 saturated carbocycles. The molecule has 0 aliphatic rings. The lowest BCUT2D eigenvalue weighted by atomic mass is 10.1. The van der Waals surface area contributed by atoms with Crippen molar-refractivity contribution in [3.8, 4) is 5.75 Å². The molecule has 1 rings (SSSR count). The fourth-order valence-electron chi connectivity index (χ4n) is 2.05. The fourth-order valence-corrected chi connectivity index (χ4v) is 2.05. The Morgan fingerprint density at radius 3 is 2.42 bits per heavy atom. The van der Waals surface area contributed by atoms with Crippen LogP contribution >= 0.6 is 0 Å². The number of nitrogens with one attached hydrogen (secondary N) is 1. The SMILES string of the molecule is CCOc1ccccc1C(C)NC(C)CC(F)(F)F. The molecule has 0 radical (unpaired) electrons. The van der Waals surface area contributed by atoms with Crippen molar-refractivity contribution in [2.45, 2.75) is 45.5 Å². The molecule has 0 bridgehead atoms. The molecule has 0 aromatic heterocycles. The first kappa shape index (κ1) is 15.8. The van der Waals surface area contributed by atoms with Crippen molar-refractivity contribution in [3.63, 3.8) is 0 Å². The van der Waals surface area contributed by atoms with Crippen molar-refractivity contribution in [2.75, 3.05) is 6.61 Å². The molecule has 2 atom stereocenters. The monoisotopic (exact) mass is 275 g/mol. The van der Waals surface area contributed by atoms with Gasteiger partial charge in [0.2, 0.25) is 0 Å². The summed E-state index contributed by atoms with van der Waals surface area (Å²) in [5.41, 5.74) is 0.873. The predicted molar refractivity (Wildman–Crippen MR) is 69.3 cm³/mol. The van der Waals surface area contributed by atoms with Crippen molar-refractivity contribution in [1.82, 2.24) is 5.32 Å². The van der Waals surface area contributed by atoms with Crippen molar-refractivity contribution in [3.05, 3.63) is 29.8 Å². The van der Waals surface area contributed by atoms with E-state index >= 15 is 0 Å². The van der Waals surface area contributed by atoms with Gasteiger partial charge >= 0.3 is 6.18 Å². The van der Waals surface area contributed by atoms with E-state index in [9.17, 15) is 13.2 Å². The van der Waals surface area contributed by atoms with E-state index in [1.807, 2.05) is 38.1 Å². The molecule has 1 aromatic carbocycles. The Kier molecular flexibility index (Phi) is 5.66. The van der Waals surface area contributed by atoms with Crippen LogP contribution in [0.25, 0.3) is 0 Å². The first-order chi connectivity index (χ1) is 8.83. The second-order valence-electron chi connectivity index (χ2n) is 4.58. The summed E-state index contributed by atoms with van der Waals surface area (Å²) in [6.07, 6.45) is -4.99. The summed E-state index contributed by atoms with van der Waals surface area (Å²) in [4.78, 5) is 0. The third kappa shape index (κ3) is 5.51. The molecule has 5 heteroatoms. The van der Waals surface area contributed by atoms with Crippen LogP contribution in [0.4, 0.5) is 13.2 Å². The summed E-state index contributed by atoms with van der Waals surface area (Å²) in [6, 6.07) is 6.56. The summed E-state index contributed by atoms with van der Waals surface area (Å²) in [6.45, 7) is 5.78. The number of alkyl halides is 3. The molecule has 1 aromatic rings. The molecule has 0 aliphatic heterocycles. The zero-order valence-electron chi connectivity index (χ0n) is 11.4. The van der Waals surface area contributed by atoms with Crippen LogP contribution in [-0.2, 0) is 0 Å². The minimum atomic E-state index is -4.15. The summed E-state index contributed by atoms with van der Waals surface area (Å²) in [5, 5.41) is 2.95. The van der Waals surface area contributed by atoms with Crippen molar-refractivity contribution in [1.29, 1.82) is 0 Å². The lowest BCUT2D eigenvalue weighted by Gasteiger charge is -2.23. The fraction of sp³-hybridized carbons (Fsp3) is 0.571. The Morgan fingerprint density at radius 1 is 1.21 bits per heavy atom. The van der Waals surface area contributed by atoms with E-state index in [-0.39, 0.29) is 6.04 Å². The lowest BCUT2D eigenvalue weighted by Crippen LogP contribution is -2.33. The van der Waals surface area contributed by atoms with E-state index in [0.717, 1.165) is 5.56 Å². The Balaban J connectivity index is 2.69. The highest BCUT2D eigenvalue weighted by Gasteiger charge is 2.30. The van der Waals surface area contributed by atoms with Gasteiger partial charge in [-0.05, 0) is 26.8 Å². The van der Waals surface area contributed by atoms with Gasteiger partial charge in [-0.2, -0.15) is 13.2 Å². The number of hydrogen-bond donors (Lipinski definition) is 1. The van der Waals surface area contributed by atoms with Crippen LogP contribution in [0.5, 0.6) is 5.75 Å². The Hall–Kier alpha value is -1.23. The van der Waals surface area contributed by atoms with Crippen molar-refractivity contribution in [2.24, 2.45) is 0 Å². The van der Waals surface area contributed by atoms with Gasteiger partial charge in [-0.25, -0.2) is 0 Å². The first-order valence-corrected chi connectivity index (χ1v) is 6.38. The van der Waals surface area contributed by atoms with E-state index < -0.39 is 18.6 Å². The van der Waals surface area contributed by atoms with Gasteiger partial charge in [0.05, 0.1) is 13.0 Å². The maximum Gasteiger partial charge on any atom is 0.390 e. The van der Waals surface area contributed by atoms with Gasteiger partial charge in [-0.3, -0.25) is 0 Å². The first-order valence-electron chi connectivity index (χ1n) is 6.38. The van der Waals surface area contributed by atoms with E-state index in [4.69, 9.17) is 4.74 Å². The van der Waals surface area contributed by atoms with Crippen LogP contribution in [0.3, 0.4) is 0 Å². The Bertz CT molecular complexity index is 393.